The van der Waals surface area contributed by atoms with Crippen molar-refractivity contribution in [3.05, 3.63) is 90.3 Å². The predicted molar refractivity (Wildman–Crippen MR) is 141 cm³/mol. The molecule has 174 valence electrons. The summed E-state index contributed by atoms with van der Waals surface area (Å²) < 4.78 is 20.7. The monoisotopic (exact) mass is 444 g/mol. The van der Waals surface area contributed by atoms with E-state index in [4.69, 9.17) is 4.74 Å². The van der Waals surface area contributed by atoms with Gasteiger partial charge in [0.1, 0.15) is 5.82 Å². The van der Waals surface area contributed by atoms with Crippen LogP contribution < -0.4 is 0 Å². The smallest absolute Gasteiger partial charge is 0.131 e. The van der Waals surface area contributed by atoms with Crippen LogP contribution in [0.3, 0.4) is 0 Å². The summed E-state index contributed by atoms with van der Waals surface area (Å²) in [7, 11) is 0. The van der Waals surface area contributed by atoms with Crippen LogP contribution in [0.4, 0.5) is 4.39 Å². The summed E-state index contributed by atoms with van der Waals surface area (Å²) in [4.78, 5) is 0. The highest BCUT2D eigenvalue weighted by Crippen LogP contribution is 2.28. The highest BCUT2D eigenvalue weighted by Gasteiger charge is 2.07. The van der Waals surface area contributed by atoms with Crippen LogP contribution in [-0.4, -0.2) is 12.7 Å². The molecule has 0 aliphatic rings. The lowest BCUT2D eigenvalue weighted by atomic mass is 9.98. The molecule has 0 saturated heterocycles. The minimum atomic E-state index is -0.186. The van der Waals surface area contributed by atoms with Crippen molar-refractivity contribution in [2.45, 2.75) is 64.9 Å². The molecule has 3 aromatic carbocycles. The minimum absolute atomic E-state index is 0.186. The third kappa shape index (κ3) is 7.68. The molecule has 3 aromatic rings. The lowest BCUT2D eigenvalue weighted by Crippen LogP contribution is -2.08. The van der Waals surface area contributed by atoms with E-state index in [1.807, 2.05) is 30.4 Å². The molecule has 0 aromatic heterocycles. The van der Waals surface area contributed by atoms with Gasteiger partial charge in [0.2, 0.25) is 0 Å². The Morgan fingerprint density at radius 2 is 1.79 bits per heavy atom. The van der Waals surface area contributed by atoms with Crippen LogP contribution in [0, 0.1) is 5.82 Å². The lowest BCUT2D eigenvalue weighted by Gasteiger charge is -2.12. The average molecular weight is 445 g/mol. The van der Waals surface area contributed by atoms with Crippen molar-refractivity contribution in [1.82, 2.24) is 0 Å². The summed E-state index contributed by atoms with van der Waals surface area (Å²) in [6.07, 6.45) is 13.9. The third-order valence-electron chi connectivity index (χ3n) is 6.03. The molecule has 1 nitrogen and oxygen atoms in total. The van der Waals surface area contributed by atoms with E-state index in [1.165, 1.54) is 23.8 Å². The molecule has 1 atom stereocenters. The third-order valence-corrected chi connectivity index (χ3v) is 6.03. The normalized spacial score (nSPS) is 12.5. The summed E-state index contributed by atoms with van der Waals surface area (Å²) in [5.41, 5.74) is 3.68. The first-order valence-electron chi connectivity index (χ1n) is 12.3. The number of fused-ring (bicyclic) bond motifs is 1. The predicted octanol–water partition coefficient (Wildman–Crippen LogP) is 9.15. The molecular weight excluding hydrogens is 407 g/mol. The Kier molecular flexibility index (Phi) is 9.90. The Morgan fingerprint density at radius 1 is 0.970 bits per heavy atom. The molecule has 0 bridgehead atoms. The summed E-state index contributed by atoms with van der Waals surface area (Å²) in [6, 6.07) is 18.0. The van der Waals surface area contributed by atoms with E-state index in [0.717, 1.165) is 55.2 Å². The topological polar surface area (TPSA) is 9.23 Å². The van der Waals surface area contributed by atoms with E-state index in [2.05, 4.69) is 56.8 Å². The summed E-state index contributed by atoms with van der Waals surface area (Å²) in [5, 5.41) is 2.28. The number of hydrogen-bond acceptors (Lipinski definition) is 1. The highest BCUT2D eigenvalue weighted by atomic mass is 19.1. The number of benzene rings is 3. The first kappa shape index (κ1) is 24.9. The number of rotatable bonds is 13. The number of allylic oxidation sites excluding steroid dienone is 2. The van der Waals surface area contributed by atoms with Gasteiger partial charge in [0.25, 0.3) is 0 Å². The van der Waals surface area contributed by atoms with Gasteiger partial charge in [0.15, 0.2) is 0 Å². The molecule has 33 heavy (non-hydrogen) atoms. The molecule has 3 rings (SSSR count). The second kappa shape index (κ2) is 13.1. The molecule has 1 unspecified atom stereocenters. The number of hydrogen-bond donors (Lipinski definition) is 0. The Bertz CT molecular complexity index is 1070. The van der Waals surface area contributed by atoms with Crippen LogP contribution in [-0.2, 0) is 11.2 Å². The largest absolute Gasteiger partial charge is 0.379 e. The molecule has 0 amide bonds. The van der Waals surface area contributed by atoms with Crippen molar-refractivity contribution in [1.29, 1.82) is 0 Å². The molecule has 0 heterocycles. The molecule has 0 aliphatic heterocycles. The molecule has 0 saturated carbocycles. The molecule has 0 fully saturated rings. The van der Waals surface area contributed by atoms with Gasteiger partial charge in [-0.15, -0.1) is 6.58 Å². The molecule has 2 heteroatoms. The van der Waals surface area contributed by atoms with Gasteiger partial charge in [0, 0.05) is 12.2 Å². The first-order valence-corrected chi connectivity index (χ1v) is 12.3. The lowest BCUT2D eigenvalue weighted by molar-refractivity contribution is 0.0566. The van der Waals surface area contributed by atoms with E-state index in [-0.39, 0.29) is 5.82 Å². The average Bonchev–Trinajstić information content (AvgIpc) is 2.82. The van der Waals surface area contributed by atoms with Crippen molar-refractivity contribution in [3.8, 4) is 11.1 Å². The summed E-state index contributed by atoms with van der Waals surface area (Å²) in [5.74, 6) is -0.186. The second-order valence-corrected chi connectivity index (χ2v) is 8.85. The van der Waals surface area contributed by atoms with E-state index in [1.54, 1.807) is 6.07 Å². The fraction of sp³-hybridized carbons (Fsp3) is 0.355. The zero-order valence-corrected chi connectivity index (χ0v) is 20.2. The number of halogens is 1. The quantitative estimate of drug-likeness (QED) is 0.189. The Hall–Kier alpha value is -2.71. The Labute approximate surface area is 199 Å². The van der Waals surface area contributed by atoms with Gasteiger partial charge in [-0.1, -0.05) is 80.5 Å². The van der Waals surface area contributed by atoms with Gasteiger partial charge in [-0.25, -0.2) is 4.39 Å². The van der Waals surface area contributed by atoms with Crippen LogP contribution >= 0.6 is 0 Å². The molecule has 0 aliphatic carbocycles. The van der Waals surface area contributed by atoms with Crippen molar-refractivity contribution in [2.75, 3.05) is 6.61 Å². The maximum absolute atomic E-state index is 14.9. The Morgan fingerprint density at radius 3 is 2.58 bits per heavy atom. The van der Waals surface area contributed by atoms with Gasteiger partial charge in [0.05, 0.1) is 6.10 Å². The van der Waals surface area contributed by atoms with Crippen LogP contribution in [0.2, 0.25) is 0 Å². The van der Waals surface area contributed by atoms with Crippen molar-refractivity contribution < 1.29 is 9.13 Å². The van der Waals surface area contributed by atoms with Crippen LogP contribution in [0.15, 0.2) is 73.3 Å². The molecule has 0 spiro atoms. The molecule has 0 N–H and O–H groups in total. The van der Waals surface area contributed by atoms with E-state index < -0.39 is 0 Å². The fourth-order valence-electron chi connectivity index (χ4n) is 4.09. The fourth-order valence-corrected chi connectivity index (χ4v) is 4.09. The SMILES string of the molecule is C=CCc1ccc2cc(-c3ccc(/C=C/CCCC(C)OCCCCC)cc3F)ccc2c1. The van der Waals surface area contributed by atoms with E-state index in [9.17, 15) is 4.39 Å². The van der Waals surface area contributed by atoms with Crippen LogP contribution in [0.1, 0.15) is 63.5 Å². The molecule has 0 radical (unpaired) electrons. The van der Waals surface area contributed by atoms with E-state index >= 15 is 0 Å². The number of ether oxygens (including phenoxy) is 1. The minimum Gasteiger partial charge on any atom is -0.379 e. The van der Waals surface area contributed by atoms with Gasteiger partial charge >= 0.3 is 0 Å². The van der Waals surface area contributed by atoms with Gasteiger partial charge in [-0.2, -0.15) is 0 Å². The Balaban J connectivity index is 1.55. The maximum Gasteiger partial charge on any atom is 0.131 e. The standard InChI is InChI=1S/C31H37FO/c1-4-6-10-20-33-24(3)12-8-7-9-13-26-15-19-30(31(32)22-26)29-18-17-27-21-25(11-5-2)14-16-28(27)23-29/h5,9,13-19,21-24H,2,4,6-8,10-12,20H2,1,3H3/b13-9+. The highest BCUT2D eigenvalue weighted by molar-refractivity contribution is 5.88. The summed E-state index contributed by atoms with van der Waals surface area (Å²) in [6.45, 7) is 9.03. The number of unbranched alkanes of at least 4 members (excludes halogenated alkanes) is 3. The maximum atomic E-state index is 14.9. The zero-order chi connectivity index (χ0) is 23.5. The van der Waals surface area contributed by atoms with Gasteiger partial charge < -0.3 is 4.74 Å². The van der Waals surface area contributed by atoms with Crippen LogP contribution in [0.25, 0.3) is 28.0 Å². The van der Waals surface area contributed by atoms with Crippen molar-refractivity contribution in [2.24, 2.45) is 0 Å². The summed E-state index contributed by atoms with van der Waals surface area (Å²) >= 11 is 0. The van der Waals surface area contributed by atoms with Gasteiger partial charge in [-0.3, -0.25) is 0 Å². The zero-order valence-electron chi connectivity index (χ0n) is 20.2. The first-order chi connectivity index (χ1) is 16.1. The van der Waals surface area contributed by atoms with Crippen molar-refractivity contribution >= 4 is 16.8 Å². The van der Waals surface area contributed by atoms with Gasteiger partial charge in [-0.05, 0) is 78.6 Å². The van der Waals surface area contributed by atoms with E-state index in [0.29, 0.717) is 11.7 Å². The van der Waals surface area contributed by atoms with Crippen LogP contribution in [0.5, 0.6) is 0 Å². The second-order valence-electron chi connectivity index (χ2n) is 8.85. The van der Waals surface area contributed by atoms with Crippen molar-refractivity contribution in [3.63, 3.8) is 0 Å². The molecular formula is C31H37FO.